The first-order valence-corrected chi connectivity index (χ1v) is 12.8. The van der Waals surface area contributed by atoms with Crippen molar-refractivity contribution in [2.24, 2.45) is 0 Å². The minimum atomic E-state index is 0.269. The lowest BCUT2D eigenvalue weighted by atomic mass is 10.0. The summed E-state index contributed by atoms with van der Waals surface area (Å²) in [6.45, 7) is 5.14. The Morgan fingerprint density at radius 1 is 1.03 bits per heavy atom. The van der Waals surface area contributed by atoms with Gasteiger partial charge in [0.2, 0.25) is 5.95 Å². The molecule has 0 spiro atoms. The van der Waals surface area contributed by atoms with Crippen LogP contribution in [0.25, 0.3) is 11.3 Å². The maximum absolute atomic E-state index is 12.6. The summed E-state index contributed by atoms with van der Waals surface area (Å²) >= 11 is 0. The van der Waals surface area contributed by atoms with Gasteiger partial charge in [0.25, 0.3) is 0 Å². The van der Waals surface area contributed by atoms with Crippen LogP contribution in [0.1, 0.15) is 24.0 Å². The molecule has 0 bridgehead atoms. The van der Waals surface area contributed by atoms with E-state index >= 15 is 0 Å². The van der Waals surface area contributed by atoms with E-state index in [0.717, 1.165) is 68.1 Å². The number of nitrogens with zero attached hydrogens (tertiary/aromatic N) is 3. The monoisotopic (exact) mass is 504 g/mol. The smallest absolute Gasteiger partial charge is 0.223 e. The van der Waals surface area contributed by atoms with Gasteiger partial charge < -0.3 is 19.5 Å². The number of Topliss-reactive ketones (excluding diaryl/α,β-unsaturated/α-hetero) is 1. The van der Waals surface area contributed by atoms with Crippen molar-refractivity contribution in [3.63, 3.8) is 0 Å². The molecule has 196 valence electrons. The van der Waals surface area contributed by atoms with Gasteiger partial charge in [-0.1, -0.05) is 24.3 Å². The lowest BCUT2D eigenvalue weighted by Gasteiger charge is -2.26. The molecule has 2 heterocycles. The SMILES string of the molecule is COc1ccc(CCNc2nccc(-c3cccc(CC(=O)CCCN4CCOCC4)c3)n2)cc1OC. The number of morpholine rings is 1. The summed E-state index contributed by atoms with van der Waals surface area (Å²) < 4.78 is 16.1. The summed E-state index contributed by atoms with van der Waals surface area (Å²) in [7, 11) is 3.27. The van der Waals surface area contributed by atoms with Crippen LogP contribution in [0.5, 0.6) is 11.5 Å². The number of aromatic nitrogens is 2. The molecule has 8 heteroatoms. The Kier molecular flexibility index (Phi) is 9.85. The van der Waals surface area contributed by atoms with Crippen molar-refractivity contribution in [3.05, 3.63) is 65.9 Å². The number of benzene rings is 2. The van der Waals surface area contributed by atoms with Gasteiger partial charge >= 0.3 is 0 Å². The Bertz CT molecular complexity index is 1160. The summed E-state index contributed by atoms with van der Waals surface area (Å²) in [5, 5.41) is 3.31. The van der Waals surface area contributed by atoms with Gasteiger partial charge in [0, 0.05) is 44.2 Å². The summed E-state index contributed by atoms with van der Waals surface area (Å²) in [5.74, 6) is 2.27. The van der Waals surface area contributed by atoms with Gasteiger partial charge in [-0.3, -0.25) is 9.69 Å². The van der Waals surface area contributed by atoms with Crippen molar-refractivity contribution in [1.82, 2.24) is 14.9 Å². The number of ketones is 1. The summed E-state index contributed by atoms with van der Waals surface area (Å²) in [4.78, 5) is 24.0. The van der Waals surface area contributed by atoms with Crippen LogP contribution in [-0.4, -0.2) is 74.3 Å². The summed E-state index contributed by atoms with van der Waals surface area (Å²) in [5.41, 5.74) is 3.94. The van der Waals surface area contributed by atoms with Crippen molar-refractivity contribution < 1.29 is 19.0 Å². The van der Waals surface area contributed by atoms with Crippen molar-refractivity contribution in [1.29, 1.82) is 0 Å². The van der Waals surface area contributed by atoms with Crippen LogP contribution in [0.3, 0.4) is 0 Å². The van der Waals surface area contributed by atoms with E-state index in [4.69, 9.17) is 14.2 Å². The zero-order chi connectivity index (χ0) is 25.9. The second-order valence-corrected chi connectivity index (χ2v) is 9.10. The zero-order valence-electron chi connectivity index (χ0n) is 21.7. The maximum atomic E-state index is 12.6. The highest BCUT2D eigenvalue weighted by Crippen LogP contribution is 2.27. The highest BCUT2D eigenvalue weighted by molar-refractivity contribution is 5.81. The molecular formula is C29H36N4O4. The third-order valence-electron chi connectivity index (χ3n) is 6.46. The quantitative estimate of drug-likeness (QED) is 0.373. The average Bonchev–Trinajstić information content (AvgIpc) is 2.94. The number of hydrogen-bond acceptors (Lipinski definition) is 8. The number of nitrogens with one attached hydrogen (secondary N) is 1. The Labute approximate surface area is 219 Å². The van der Waals surface area contributed by atoms with E-state index in [-0.39, 0.29) is 5.78 Å². The largest absolute Gasteiger partial charge is 0.493 e. The molecular weight excluding hydrogens is 468 g/mol. The molecule has 1 aliphatic rings. The normalized spacial score (nSPS) is 13.8. The van der Waals surface area contributed by atoms with E-state index in [9.17, 15) is 4.79 Å². The van der Waals surface area contributed by atoms with Gasteiger partial charge in [0.05, 0.1) is 33.1 Å². The molecule has 37 heavy (non-hydrogen) atoms. The molecule has 2 aromatic carbocycles. The molecule has 8 nitrogen and oxygen atoms in total. The number of methoxy groups -OCH3 is 2. The van der Waals surface area contributed by atoms with Crippen LogP contribution in [0.2, 0.25) is 0 Å². The van der Waals surface area contributed by atoms with Gasteiger partial charge in [-0.15, -0.1) is 0 Å². The van der Waals surface area contributed by atoms with E-state index in [1.54, 1.807) is 20.4 Å². The van der Waals surface area contributed by atoms with Gasteiger partial charge in [0.15, 0.2) is 11.5 Å². The van der Waals surface area contributed by atoms with Gasteiger partial charge in [-0.25, -0.2) is 9.97 Å². The Balaban J connectivity index is 1.29. The number of ether oxygens (including phenoxy) is 3. The van der Waals surface area contributed by atoms with Crippen molar-refractivity contribution in [2.75, 3.05) is 58.9 Å². The average molecular weight is 505 g/mol. The van der Waals surface area contributed by atoms with Crippen LogP contribution in [0.4, 0.5) is 5.95 Å². The Morgan fingerprint density at radius 2 is 1.86 bits per heavy atom. The van der Waals surface area contributed by atoms with Crippen molar-refractivity contribution >= 4 is 11.7 Å². The lowest BCUT2D eigenvalue weighted by molar-refractivity contribution is -0.118. The molecule has 1 aliphatic heterocycles. The fourth-order valence-corrected chi connectivity index (χ4v) is 4.44. The topological polar surface area (TPSA) is 85.8 Å². The second-order valence-electron chi connectivity index (χ2n) is 9.10. The maximum Gasteiger partial charge on any atom is 0.223 e. The lowest BCUT2D eigenvalue weighted by Crippen LogP contribution is -2.37. The van der Waals surface area contributed by atoms with E-state index in [0.29, 0.717) is 36.8 Å². The molecule has 0 radical (unpaired) electrons. The number of carbonyl (C=O) groups excluding carboxylic acids is 1. The standard InChI is InChI=1S/C29H36N4O4/c1-35-27-9-8-22(21-28(27)36-2)10-12-30-29-31-13-11-26(32-29)24-6-3-5-23(19-24)20-25(34)7-4-14-33-15-17-37-18-16-33/h3,5-6,8-9,11,13,19,21H,4,7,10,12,14-18,20H2,1-2H3,(H,30,31,32). The third kappa shape index (κ3) is 8.00. The minimum absolute atomic E-state index is 0.269. The fraction of sp³-hybridized carbons (Fsp3) is 0.414. The Hall–Kier alpha value is -3.49. The first kappa shape index (κ1) is 26.6. The number of carbonyl (C=O) groups is 1. The van der Waals surface area contributed by atoms with Crippen LogP contribution in [-0.2, 0) is 22.4 Å². The molecule has 0 aliphatic carbocycles. The Morgan fingerprint density at radius 3 is 2.68 bits per heavy atom. The van der Waals surface area contributed by atoms with Crippen molar-refractivity contribution in [3.8, 4) is 22.8 Å². The predicted molar refractivity (Wildman–Crippen MR) is 144 cm³/mol. The van der Waals surface area contributed by atoms with Gasteiger partial charge in [-0.05, 0) is 54.8 Å². The summed E-state index contributed by atoms with van der Waals surface area (Å²) in [6.07, 6.45) is 4.48. The molecule has 0 amide bonds. The highest BCUT2D eigenvalue weighted by atomic mass is 16.5. The first-order valence-electron chi connectivity index (χ1n) is 12.8. The van der Waals surface area contributed by atoms with Gasteiger partial charge in [-0.2, -0.15) is 0 Å². The van der Waals surface area contributed by atoms with E-state index in [2.05, 4.69) is 26.3 Å². The van der Waals surface area contributed by atoms with E-state index in [1.807, 2.05) is 42.5 Å². The van der Waals surface area contributed by atoms with Crippen LogP contribution in [0, 0.1) is 0 Å². The van der Waals surface area contributed by atoms with Crippen LogP contribution in [0.15, 0.2) is 54.7 Å². The molecule has 1 aromatic heterocycles. The van der Waals surface area contributed by atoms with Crippen LogP contribution < -0.4 is 14.8 Å². The first-order chi connectivity index (χ1) is 18.1. The predicted octanol–water partition coefficient (Wildman–Crippen LogP) is 4.04. The molecule has 1 fully saturated rings. The molecule has 4 rings (SSSR count). The number of anilines is 1. The second kappa shape index (κ2) is 13.7. The fourth-order valence-electron chi connectivity index (χ4n) is 4.44. The van der Waals surface area contributed by atoms with Gasteiger partial charge in [0.1, 0.15) is 5.78 Å². The number of rotatable bonds is 13. The third-order valence-corrected chi connectivity index (χ3v) is 6.46. The van der Waals surface area contributed by atoms with E-state index in [1.165, 1.54) is 0 Å². The summed E-state index contributed by atoms with van der Waals surface area (Å²) in [6, 6.07) is 15.9. The van der Waals surface area contributed by atoms with Crippen molar-refractivity contribution in [2.45, 2.75) is 25.7 Å². The molecule has 0 saturated carbocycles. The van der Waals surface area contributed by atoms with E-state index < -0.39 is 0 Å². The molecule has 0 atom stereocenters. The molecule has 0 unspecified atom stereocenters. The van der Waals surface area contributed by atoms with Crippen LogP contribution >= 0.6 is 0 Å². The molecule has 3 aromatic rings. The molecule has 1 saturated heterocycles. The molecule has 1 N–H and O–H groups in total. The zero-order valence-corrected chi connectivity index (χ0v) is 21.7. The highest BCUT2D eigenvalue weighted by Gasteiger charge is 2.12. The minimum Gasteiger partial charge on any atom is -0.493 e. The number of hydrogen-bond donors (Lipinski definition) is 1.